The minimum Gasteiger partial charge on any atom is -0.497 e. The maximum atomic E-state index is 12.2. The zero-order valence-corrected chi connectivity index (χ0v) is 13.5. The lowest BCUT2D eigenvalue weighted by atomic mass is 10.0. The van der Waals surface area contributed by atoms with Gasteiger partial charge in [0.15, 0.2) is 0 Å². The number of aromatic amines is 1. The Morgan fingerprint density at radius 3 is 2.68 bits per heavy atom. The third-order valence-electron chi connectivity index (χ3n) is 4.04. The number of nitrogens with zero attached hydrogens (tertiary/aromatic N) is 1. The molecule has 2 aromatic heterocycles. The van der Waals surface area contributed by atoms with Crippen molar-refractivity contribution >= 4 is 21.8 Å². The molecule has 0 spiro atoms. The van der Waals surface area contributed by atoms with Gasteiger partial charge in [0.25, 0.3) is 5.56 Å². The van der Waals surface area contributed by atoms with Crippen LogP contribution >= 0.6 is 0 Å². The molecule has 120 valence electrons. The Kier molecular flexibility index (Phi) is 3.68. The van der Waals surface area contributed by atoms with Crippen molar-refractivity contribution < 1.29 is 4.74 Å². The minimum atomic E-state index is -0.145. The number of fused-ring (bicyclic) bond motifs is 3. The molecule has 4 rings (SSSR count). The number of benzene rings is 2. The average molecular weight is 326 g/mol. The number of hydrogen-bond donors (Lipinski definition) is 1. The Morgan fingerprint density at radius 2 is 1.84 bits per heavy atom. The second-order valence-electron chi connectivity index (χ2n) is 5.56. The van der Waals surface area contributed by atoms with E-state index in [-0.39, 0.29) is 5.56 Å². The molecule has 0 saturated carbocycles. The van der Waals surface area contributed by atoms with E-state index in [1.54, 1.807) is 19.4 Å². The van der Waals surface area contributed by atoms with Gasteiger partial charge in [-0.1, -0.05) is 36.1 Å². The zero-order valence-electron chi connectivity index (χ0n) is 13.5. The first kappa shape index (κ1) is 15.0. The number of methoxy groups -OCH3 is 1. The van der Waals surface area contributed by atoms with Gasteiger partial charge in [-0.25, -0.2) is 4.98 Å². The smallest absolute Gasteiger partial charge is 0.257 e. The summed E-state index contributed by atoms with van der Waals surface area (Å²) in [6.45, 7) is 0. The van der Waals surface area contributed by atoms with Crippen molar-refractivity contribution in [2.24, 2.45) is 0 Å². The molecule has 0 bridgehead atoms. The third-order valence-corrected chi connectivity index (χ3v) is 4.04. The number of rotatable bonds is 1. The third kappa shape index (κ3) is 2.73. The Bertz CT molecular complexity index is 1210. The van der Waals surface area contributed by atoms with Crippen molar-refractivity contribution in [2.75, 3.05) is 7.11 Å². The number of aromatic nitrogens is 2. The monoisotopic (exact) mass is 326 g/mol. The van der Waals surface area contributed by atoms with Crippen LogP contribution in [0.3, 0.4) is 0 Å². The summed E-state index contributed by atoms with van der Waals surface area (Å²) in [4.78, 5) is 19.3. The number of H-pyrrole nitrogens is 1. The number of ether oxygens (including phenoxy) is 1. The lowest BCUT2D eigenvalue weighted by Gasteiger charge is -2.04. The molecule has 0 radical (unpaired) electrons. The van der Waals surface area contributed by atoms with E-state index in [1.807, 2.05) is 48.5 Å². The number of hydrogen-bond acceptors (Lipinski definition) is 3. The van der Waals surface area contributed by atoms with E-state index in [2.05, 4.69) is 21.8 Å². The molecule has 0 aliphatic carbocycles. The van der Waals surface area contributed by atoms with Gasteiger partial charge in [0.2, 0.25) is 0 Å². The van der Waals surface area contributed by atoms with Gasteiger partial charge in [0.1, 0.15) is 11.4 Å². The molecule has 0 unspecified atom stereocenters. The van der Waals surface area contributed by atoms with Crippen molar-refractivity contribution in [3.05, 3.63) is 82.3 Å². The second-order valence-corrected chi connectivity index (χ2v) is 5.56. The molecule has 0 atom stereocenters. The summed E-state index contributed by atoms with van der Waals surface area (Å²) < 4.78 is 5.23. The van der Waals surface area contributed by atoms with Crippen molar-refractivity contribution in [1.82, 2.24) is 9.97 Å². The molecule has 4 aromatic rings. The number of nitrogens with one attached hydrogen (secondary N) is 1. The lowest BCUT2D eigenvalue weighted by molar-refractivity contribution is 0.414. The van der Waals surface area contributed by atoms with Gasteiger partial charge < -0.3 is 9.72 Å². The van der Waals surface area contributed by atoms with Crippen molar-refractivity contribution in [1.29, 1.82) is 0 Å². The van der Waals surface area contributed by atoms with Crippen LogP contribution in [0.1, 0.15) is 11.1 Å². The molecule has 4 heteroatoms. The van der Waals surface area contributed by atoms with Gasteiger partial charge in [0, 0.05) is 28.1 Å². The van der Waals surface area contributed by atoms with E-state index in [1.165, 1.54) is 0 Å². The summed E-state index contributed by atoms with van der Waals surface area (Å²) in [6, 6.07) is 16.9. The Hall–Kier alpha value is -3.58. The SMILES string of the molecule is COc1cccc(C#Cc2ccnc3[nH]c(=O)c4ccccc4c23)c1. The quantitative estimate of drug-likeness (QED) is 0.430. The molecule has 25 heavy (non-hydrogen) atoms. The molecule has 2 heterocycles. The molecule has 4 nitrogen and oxygen atoms in total. The Morgan fingerprint density at radius 1 is 1.00 bits per heavy atom. The molecule has 0 amide bonds. The Labute approximate surface area is 144 Å². The van der Waals surface area contributed by atoms with Crippen LogP contribution in [0.2, 0.25) is 0 Å². The highest BCUT2D eigenvalue weighted by atomic mass is 16.5. The highest BCUT2D eigenvalue weighted by Crippen LogP contribution is 2.23. The van der Waals surface area contributed by atoms with Crippen molar-refractivity contribution in [3.63, 3.8) is 0 Å². The highest BCUT2D eigenvalue weighted by molar-refractivity contribution is 6.06. The largest absolute Gasteiger partial charge is 0.497 e. The molecule has 0 saturated heterocycles. The van der Waals surface area contributed by atoms with E-state index >= 15 is 0 Å². The first-order chi connectivity index (χ1) is 12.3. The van der Waals surface area contributed by atoms with Crippen molar-refractivity contribution in [2.45, 2.75) is 0 Å². The van der Waals surface area contributed by atoms with E-state index in [4.69, 9.17) is 4.74 Å². The first-order valence-corrected chi connectivity index (χ1v) is 7.82. The maximum absolute atomic E-state index is 12.2. The predicted octanol–water partition coefficient (Wildman–Crippen LogP) is 3.48. The molecule has 0 aliphatic rings. The first-order valence-electron chi connectivity index (χ1n) is 7.82. The van der Waals surface area contributed by atoms with Crippen LogP contribution in [0.25, 0.3) is 21.8 Å². The van der Waals surface area contributed by atoms with Crippen LogP contribution in [0.15, 0.2) is 65.6 Å². The molecule has 2 aromatic carbocycles. The summed E-state index contributed by atoms with van der Waals surface area (Å²) >= 11 is 0. The predicted molar refractivity (Wildman–Crippen MR) is 98.8 cm³/mol. The fourth-order valence-corrected chi connectivity index (χ4v) is 2.85. The van der Waals surface area contributed by atoms with Crippen molar-refractivity contribution in [3.8, 4) is 17.6 Å². The van der Waals surface area contributed by atoms with Gasteiger partial charge in [0.05, 0.1) is 7.11 Å². The average Bonchev–Trinajstić information content (AvgIpc) is 2.66. The molecule has 0 aliphatic heterocycles. The summed E-state index contributed by atoms with van der Waals surface area (Å²) in [5.41, 5.74) is 2.08. The van der Waals surface area contributed by atoms with Gasteiger partial charge >= 0.3 is 0 Å². The number of pyridine rings is 2. The molecule has 1 N–H and O–H groups in total. The van der Waals surface area contributed by atoms with E-state index in [0.717, 1.165) is 27.6 Å². The van der Waals surface area contributed by atoms with Gasteiger partial charge in [-0.15, -0.1) is 0 Å². The van der Waals surface area contributed by atoms with Crippen LogP contribution in [-0.2, 0) is 0 Å². The van der Waals surface area contributed by atoms with E-state index in [0.29, 0.717) is 11.0 Å². The Balaban J connectivity index is 1.96. The minimum absolute atomic E-state index is 0.145. The van der Waals surface area contributed by atoms with E-state index < -0.39 is 0 Å². The fraction of sp³-hybridized carbons (Fsp3) is 0.0476. The van der Waals surface area contributed by atoms with Crippen LogP contribution in [0, 0.1) is 11.8 Å². The lowest BCUT2D eigenvalue weighted by Crippen LogP contribution is -2.07. The summed E-state index contributed by atoms with van der Waals surface area (Å²) in [5.74, 6) is 7.12. The second kappa shape index (κ2) is 6.14. The van der Waals surface area contributed by atoms with Crippen LogP contribution in [0.4, 0.5) is 0 Å². The summed E-state index contributed by atoms with van der Waals surface area (Å²) in [6.07, 6.45) is 1.66. The summed E-state index contributed by atoms with van der Waals surface area (Å²) in [7, 11) is 1.63. The van der Waals surface area contributed by atoms with Gasteiger partial charge in [-0.3, -0.25) is 4.79 Å². The fourth-order valence-electron chi connectivity index (χ4n) is 2.85. The van der Waals surface area contributed by atoms with Gasteiger partial charge in [-0.2, -0.15) is 0 Å². The topological polar surface area (TPSA) is 55.0 Å². The summed E-state index contributed by atoms with van der Waals surface area (Å²) in [5, 5.41) is 2.34. The van der Waals surface area contributed by atoms with Crippen LogP contribution < -0.4 is 10.3 Å². The zero-order chi connectivity index (χ0) is 17.2. The maximum Gasteiger partial charge on any atom is 0.257 e. The highest BCUT2D eigenvalue weighted by Gasteiger charge is 2.08. The van der Waals surface area contributed by atoms with Crippen LogP contribution in [0.5, 0.6) is 5.75 Å². The normalized spacial score (nSPS) is 10.4. The molecular formula is C21H14N2O2. The van der Waals surface area contributed by atoms with Gasteiger partial charge in [-0.05, 0) is 35.7 Å². The molecule has 0 fully saturated rings. The van der Waals surface area contributed by atoms with Crippen LogP contribution in [-0.4, -0.2) is 17.1 Å². The molecular weight excluding hydrogens is 312 g/mol. The van der Waals surface area contributed by atoms with E-state index in [9.17, 15) is 4.79 Å². The standard InChI is InChI=1S/C21H14N2O2/c1-25-16-6-4-5-14(13-16)9-10-15-11-12-22-20-19(15)17-7-2-3-8-18(17)21(24)23-20/h2-8,11-13H,1H3,(H,22,23,24).